The highest BCUT2D eigenvalue weighted by molar-refractivity contribution is 6.06. The number of nitrogens with zero attached hydrogens (tertiary/aromatic N) is 3. The minimum Gasteiger partial charge on any atom is -0.304 e. The average Bonchev–Trinajstić information content (AvgIpc) is 2.90. The molecule has 1 N–H and O–H groups in total. The Morgan fingerprint density at radius 3 is 2.40 bits per heavy atom. The van der Waals surface area contributed by atoms with E-state index in [2.05, 4.69) is 10.4 Å². The van der Waals surface area contributed by atoms with Crippen LogP contribution >= 0.6 is 0 Å². The molecule has 1 fully saturated rings. The first-order chi connectivity index (χ1) is 9.48. The fourth-order valence-electron chi connectivity index (χ4n) is 2.83. The molecule has 1 aliphatic rings. The van der Waals surface area contributed by atoms with E-state index in [1.54, 1.807) is 9.58 Å². The Hall–Kier alpha value is -1.85. The van der Waals surface area contributed by atoms with Gasteiger partial charge in [0.05, 0.1) is 17.9 Å². The predicted octanol–water partition coefficient (Wildman–Crippen LogP) is 1.59. The van der Waals surface area contributed by atoms with Crippen LogP contribution in [0.2, 0.25) is 0 Å². The van der Waals surface area contributed by atoms with E-state index in [4.69, 9.17) is 0 Å². The van der Waals surface area contributed by atoms with Crippen LogP contribution in [-0.2, 0) is 24.8 Å². The highest BCUT2D eigenvalue weighted by Gasteiger charge is 2.50. The Morgan fingerprint density at radius 1 is 1.25 bits per heavy atom. The van der Waals surface area contributed by atoms with Crippen LogP contribution < -0.4 is 5.32 Å². The number of amides is 3. The molecule has 0 bridgehead atoms. The molecule has 2 rings (SSSR count). The maximum Gasteiger partial charge on any atom is 0.325 e. The number of aromatic nitrogens is 2. The number of urea groups is 1. The van der Waals surface area contributed by atoms with Gasteiger partial charge in [0, 0.05) is 7.05 Å². The number of imide groups is 1. The third kappa shape index (κ3) is 2.09. The van der Waals surface area contributed by atoms with Gasteiger partial charge in [-0.2, -0.15) is 5.10 Å². The molecule has 110 valence electrons. The van der Waals surface area contributed by atoms with E-state index in [0.717, 1.165) is 17.8 Å². The molecule has 0 unspecified atom stereocenters. The minimum absolute atomic E-state index is 0.189. The molecule has 0 spiro atoms. The third-order valence-electron chi connectivity index (χ3n) is 4.28. The molecule has 1 aliphatic heterocycles. The van der Waals surface area contributed by atoms with Gasteiger partial charge < -0.3 is 4.90 Å². The first-order valence-corrected chi connectivity index (χ1v) is 7.13. The molecule has 20 heavy (non-hydrogen) atoms. The molecular formula is C14H22N4O2. The quantitative estimate of drug-likeness (QED) is 0.832. The molecular weight excluding hydrogens is 256 g/mol. The highest BCUT2D eigenvalue weighted by atomic mass is 16.2. The van der Waals surface area contributed by atoms with Gasteiger partial charge in [0.25, 0.3) is 5.91 Å². The molecule has 0 radical (unpaired) electrons. The van der Waals surface area contributed by atoms with Crippen molar-refractivity contribution in [3.05, 3.63) is 17.5 Å². The zero-order chi connectivity index (χ0) is 14.9. The van der Waals surface area contributed by atoms with E-state index >= 15 is 0 Å². The normalized spacial score (nSPS) is 17.7. The molecule has 1 aromatic rings. The van der Waals surface area contributed by atoms with Crippen LogP contribution in [0, 0.1) is 0 Å². The second-order valence-electron chi connectivity index (χ2n) is 5.19. The molecule has 3 amide bonds. The third-order valence-corrected chi connectivity index (χ3v) is 4.28. The van der Waals surface area contributed by atoms with Gasteiger partial charge in [-0.25, -0.2) is 4.79 Å². The number of rotatable bonds is 5. The summed E-state index contributed by atoms with van der Waals surface area (Å²) in [7, 11) is 1.86. The van der Waals surface area contributed by atoms with Gasteiger partial charge in [-0.1, -0.05) is 20.8 Å². The van der Waals surface area contributed by atoms with Crippen molar-refractivity contribution in [1.82, 2.24) is 20.0 Å². The average molecular weight is 278 g/mol. The summed E-state index contributed by atoms with van der Waals surface area (Å²) in [5, 5.41) is 6.83. The Morgan fingerprint density at radius 2 is 1.90 bits per heavy atom. The van der Waals surface area contributed by atoms with Crippen molar-refractivity contribution in [2.24, 2.45) is 7.05 Å². The van der Waals surface area contributed by atoms with Crippen molar-refractivity contribution < 1.29 is 9.59 Å². The topological polar surface area (TPSA) is 67.2 Å². The number of carbonyl (C=O) groups is 2. The van der Waals surface area contributed by atoms with Gasteiger partial charge in [-0.15, -0.1) is 0 Å². The fourth-order valence-corrected chi connectivity index (χ4v) is 2.83. The summed E-state index contributed by atoms with van der Waals surface area (Å²) in [5.74, 6) is -0.189. The monoisotopic (exact) mass is 278 g/mol. The maximum absolute atomic E-state index is 12.1. The lowest BCUT2D eigenvalue weighted by Crippen LogP contribution is -2.48. The van der Waals surface area contributed by atoms with E-state index in [9.17, 15) is 9.59 Å². The number of hydrogen-bond donors (Lipinski definition) is 1. The van der Waals surface area contributed by atoms with Gasteiger partial charge in [0.15, 0.2) is 0 Å². The van der Waals surface area contributed by atoms with E-state index in [1.807, 2.05) is 33.9 Å². The fraction of sp³-hybridized carbons (Fsp3) is 0.643. The molecule has 2 heterocycles. The van der Waals surface area contributed by atoms with Crippen LogP contribution in [-0.4, -0.2) is 32.2 Å². The van der Waals surface area contributed by atoms with Crippen molar-refractivity contribution in [2.45, 2.75) is 52.1 Å². The summed E-state index contributed by atoms with van der Waals surface area (Å²) < 4.78 is 1.78. The van der Waals surface area contributed by atoms with Gasteiger partial charge >= 0.3 is 6.03 Å². The molecule has 6 nitrogen and oxygen atoms in total. The first-order valence-electron chi connectivity index (χ1n) is 7.13. The van der Waals surface area contributed by atoms with Crippen LogP contribution in [0.3, 0.4) is 0 Å². The van der Waals surface area contributed by atoms with Crippen molar-refractivity contribution in [2.75, 3.05) is 0 Å². The predicted molar refractivity (Wildman–Crippen MR) is 75.0 cm³/mol. The Balaban J connectivity index is 2.32. The SMILES string of the molecule is CCc1cc(CN2C(=O)NC(=O)C2(CC)CC)n(C)n1. The van der Waals surface area contributed by atoms with E-state index < -0.39 is 5.54 Å². The van der Waals surface area contributed by atoms with Gasteiger partial charge in [-0.3, -0.25) is 14.8 Å². The van der Waals surface area contributed by atoms with Crippen molar-refractivity contribution in [3.8, 4) is 0 Å². The first kappa shape index (κ1) is 14.6. The summed E-state index contributed by atoms with van der Waals surface area (Å²) >= 11 is 0. The Bertz CT molecular complexity index is 531. The summed E-state index contributed by atoms with van der Waals surface area (Å²) in [6.07, 6.45) is 2.07. The molecule has 0 atom stereocenters. The van der Waals surface area contributed by atoms with Gasteiger partial charge in [0.2, 0.25) is 0 Å². The molecule has 1 saturated heterocycles. The summed E-state index contributed by atoms with van der Waals surface area (Å²) in [5.41, 5.74) is 1.21. The number of carbonyl (C=O) groups excluding carboxylic acids is 2. The van der Waals surface area contributed by atoms with Crippen LogP contribution in [0.25, 0.3) is 0 Å². The zero-order valence-corrected chi connectivity index (χ0v) is 12.6. The highest BCUT2D eigenvalue weighted by Crippen LogP contribution is 2.30. The standard InChI is InChI=1S/C14H22N4O2/c1-5-10-8-11(17(4)16-10)9-18-13(20)15-12(19)14(18,6-2)7-3/h8H,5-7,9H2,1-4H3,(H,15,19,20). The van der Waals surface area contributed by atoms with E-state index in [0.29, 0.717) is 19.4 Å². The number of aryl methyl sites for hydroxylation is 2. The van der Waals surface area contributed by atoms with E-state index in [-0.39, 0.29) is 11.9 Å². The van der Waals surface area contributed by atoms with Crippen molar-refractivity contribution in [3.63, 3.8) is 0 Å². The second-order valence-corrected chi connectivity index (χ2v) is 5.19. The number of nitrogens with one attached hydrogen (secondary N) is 1. The van der Waals surface area contributed by atoms with Crippen LogP contribution in [0.5, 0.6) is 0 Å². The molecule has 0 aromatic carbocycles. The lowest BCUT2D eigenvalue weighted by atomic mass is 9.91. The van der Waals surface area contributed by atoms with Crippen LogP contribution in [0.1, 0.15) is 45.0 Å². The van der Waals surface area contributed by atoms with Crippen LogP contribution in [0.15, 0.2) is 6.07 Å². The summed E-state index contributed by atoms with van der Waals surface area (Å²) in [4.78, 5) is 25.8. The van der Waals surface area contributed by atoms with Crippen molar-refractivity contribution >= 4 is 11.9 Å². The smallest absolute Gasteiger partial charge is 0.304 e. The molecule has 1 aromatic heterocycles. The molecule has 0 saturated carbocycles. The minimum atomic E-state index is -0.728. The Labute approximate surface area is 119 Å². The zero-order valence-electron chi connectivity index (χ0n) is 12.6. The van der Waals surface area contributed by atoms with Crippen LogP contribution in [0.4, 0.5) is 4.79 Å². The second kappa shape index (κ2) is 5.26. The molecule has 6 heteroatoms. The van der Waals surface area contributed by atoms with Gasteiger partial charge in [0.1, 0.15) is 5.54 Å². The number of hydrogen-bond acceptors (Lipinski definition) is 3. The van der Waals surface area contributed by atoms with Gasteiger partial charge in [-0.05, 0) is 25.3 Å². The summed E-state index contributed by atoms with van der Waals surface area (Å²) in [6.45, 7) is 6.33. The lowest BCUT2D eigenvalue weighted by Gasteiger charge is -2.33. The largest absolute Gasteiger partial charge is 0.325 e. The van der Waals surface area contributed by atoms with E-state index in [1.165, 1.54) is 0 Å². The summed E-state index contributed by atoms with van der Waals surface area (Å²) in [6, 6.07) is 1.68. The lowest BCUT2D eigenvalue weighted by molar-refractivity contribution is -0.127. The van der Waals surface area contributed by atoms with Crippen molar-refractivity contribution in [1.29, 1.82) is 0 Å². The molecule has 0 aliphatic carbocycles. The Kier molecular flexibility index (Phi) is 3.83. The maximum atomic E-state index is 12.1.